The highest BCUT2D eigenvalue weighted by molar-refractivity contribution is 7.91. The van der Waals surface area contributed by atoms with Gasteiger partial charge in [-0.05, 0) is 66.1 Å². The summed E-state index contributed by atoms with van der Waals surface area (Å²) in [7, 11) is -6.72. The first kappa shape index (κ1) is 30.6. The molecule has 0 spiro atoms. The molecule has 0 amide bonds. The minimum atomic E-state index is -3.38. The molecule has 8 nitrogen and oxygen atoms in total. The van der Waals surface area contributed by atoms with Gasteiger partial charge in [-0.25, -0.2) is 21.8 Å². The third kappa shape index (κ3) is 6.11. The summed E-state index contributed by atoms with van der Waals surface area (Å²) in [6.07, 6.45) is 4.46. The normalized spacial score (nSPS) is 12.8. The number of aromatic amines is 1. The van der Waals surface area contributed by atoms with Crippen molar-refractivity contribution in [3.63, 3.8) is 0 Å². The molecule has 0 saturated heterocycles. The number of H-pyrrole nitrogens is 1. The quantitative estimate of drug-likeness (QED) is 0.188. The lowest BCUT2D eigenvalue weighted by Gasteiger charge is -2.16. The highest BCUT2D eigenvalue weighted by Gasteiger charge is 2.23. The Labute approximate surface area is 265 Å². The van der Waals surface area contributed by atoms with Crippen LogP contribution in [0.3, 0.4) is 0 Å². The molecule has 6 rings (SSSR count). The average Bonchev–Trinajstić information content (AvgIpc) is 3.49. The van der Waals surface area contributed by atoms with Crippen molar-refractivity contribution in [2.75, 3.05) is 12.0 Å². The fourth-order valence-corrected chi connectivity index (χ4v) is 7.99. The fourth-order valence-electron chi connectivity index (χ4n) is 5.23. The summed E-state index contributed by atoms with van der Waals surface area (Å²) in [6, 6.07) is 25.3. The lowest BCUT2D eigenvalue weighted by molar-refractivity contribution is 0.587. The van der Waals surface area contributed by atoms with Crippen molar-refractivity contribution in [3.05, 3.63) is 113 Å². The van der Waals surface area contributed by atoms with Gasteiger partial charge in [0.2, 0.25) is 5.56 Å². The van der Waals surface area contributed by atoms with Gasteiger partial charge in [0, 0.05) is 52.5 Å². The minimum absolute atomic E-state index is 0.0407. The van der Waals surface area contributed by atoms with Crippen molar-refractivity contribution in [2.45, 2.75) is 24.0 Å². The smallest absolute Gasteiger partial charge is 0.248 e. The van der Waals surface area contributed by atoms with E-state index in [1.807, 2.05) is 48.5 Å². The van der Waals surface area contributed by atoms with Crippen LogP contribution in [0.1, 0.15) is 24.7 Å². The van der Waals surface area contributed by atoms with E-state index in [9.17, 15) is 21.6 Å². The SMILES string of the molecule is CCS(=O)(=O)C(C)c1cc(-c2cccc(-c3sc(-c4cc[nH]c(=O)c4)nc3-c3ccc(S(C)(=O)=O)cc3)c2)c2ncccc2c1. The molecule has 11 heteroatoms. The molecule has 3 aromatic heterocycles. The fraction of sp³-hybridized carbons (Fsp3) is 0.147. The summed E-state index contributed by atoms with van der Waals surface area (Å²) in [6.45, 7) is 3.37. The van der Waals surface area contributed by atoms with Gasteiger partial charge in [0.05, 0.1) is 26.2 Å². The molecule has 45 heavy (non-hydrogen) atoms. The van der Waals surface area contributed by atoms with Gasteiger partial charge in [0.1, 0.15) is 5.01 Å². The van der Waals surface area contributed by atoms with E-state index in [4.69, 9.17) is 4.98 Å². The van der Waals surface area contributed by atoms with Gasteiger partial charge in [-0.15, -0.1) is 11.3 Å². The Morgan fingerprint density at radius 2 is 1.60 bits per heavy atom. The van der Waals surface area contributed by atoms with Gasteiger partial charge in [0.25, 0.3) is 0 Å². The number of nitrogens with zero attached hydrogens (tertiary/aromatic N) is 2. The molecule has 0 aliphatic carbocycles. The zero-order chi connectivity index (χ0) is 31.9. The zero-order valence-corrected chi connectivity index (χ0v) is 27.1. The number of benzene rings is 3. The summed E-state index contributed by atoms with van der Waals surface area (Å²) in [4.78, 5) is 25.4. The van der Waals surface area contributed by atoms with Crippen LogP contribution in [0.2, 0.25) is 0 Å². The van der Waals surface area contributed by atoms with Gasteiger partial charge >= 0.3 is 0 Å². The molecule has 1 N–H and O–H groups in total. The van der Waals surface area contributed by atoms with Crippen LogP contribution in [-0.4, -0.2) is 43.8 Å². The first-order valence-corrected chi connectivity index (χ1v) is 18.6. The number of sulfone groups is 2. The van der Waals surface area contributed by atoms with Gasteiger partial charge < -0.3 is 4.98 Å². The maximum atomic E-state index is 12.8. The Morgan fingerprint density at radius 3 is 2.31 bits per heavy atom. The molecule has 6 aromatic rings. The maximum absolute atomic E-state index is 12.8. The summed E-state index contributed by atoms with van der Waals surface area (Å²) < 4.78 is 49.9. The highest BCUT2D eigenvalue weighted by atomic mass is 32.2. The first-order valence-electron chi connectivity index (χ1n) is 14.2. The van der Waals surface area contributed by atoms with E-state index in [1.54, 1.807) is 56.6 Å². The predicted molar refractivity (Wildman–Crippen MR) is 181 cm³/mol. The van der Waals surface area contributed by atoms with Crippen LogP contribution in [0.15, 0.2) is 107 Å². The molecule has 0 radical (unpaired) electrons. The van der Waals surface area contributed by atoms with E-state index in [2.05, 4.69) is 9.97 Å². The highest BCUT2D eigenvalue weighted by Crippen LogP contribution is 2.42. The molecule has 0 bridgehead atoms. The number of nitrogens with one attached hydrogen (secondary N) is 1. The average molecular weight is 656 g/mol. The van der Waals surface area contributed by atoms with Gasteiger partial charge in [-0.1, -0.05) is 43.3 Å². The maximum Gasteiger partial charge on any atom is 0.248 e. The second kappa shape index (κ2) is 11.8. The summed E-state index contributed by atoms with van der Waals surface area (Å²) in [5.74, 6) is 0.0407. The molecule has 0 aliphatic rings. The largest absolute Gasteiger partial charge is 0.329 e. The van der Waals surface area contributed by atoms with Crippen LogP contribution < -0.4 is 5.56 Å². The summed E-state index contributed by atoms with van der Waals surface area (Å²) >= 11 is 1.42. The summed E-state index contributed by atoms with van der Waals surface area (Å²) in [5, 5.41) is 0.791. The molecule has 0 aliphatic heterocycles. The number of rotatable bonds is 8. The third-order valence-corrected chi connectivity index (χ3v) is 12.2. The van der Waals surface area contributed by atoms with E-state index < -0.39 is 24.9 Å². The molecule has 1 atom stereocenters. The van der Waals surface area contributed by atoms with Crippen LogP contribution >= 0.6 is 11.3 Å². The lowest BCUT2D eigenvalue weighted by atomic mass is 9.96. The number of pyridine rings is 2. The summed E-state index contributed by atoms with van der Waals surface area (Å²) in [5.41, 5.74) is 5.74. The monoisotopic (exact) mass is 655 g/mol. The zero-order valence-electron chi connectivity index (χ0n) is 24.7. The van der Waals surface area contributed by atoms with Crippen molar-refractivity contribution in [3.8, 4) is 43.4 Å². The van der Waals surface area contributed by atoms with Crippen LogP contribution in [0.4, 0.5) is 0 Å². The Balaban J connectivity index is 1.54. The Kier molecular flexibility index (Phi) is 8.02. The molecule has 228 valence electrons. The second-order valence-electron chi connectivity index (χ2n) is 10.8. The van der Waals surface area contributed by atoms with Crippen molar-refractivity contribution in [2.24, 2.45) is 0 Å². The molecule has 0 fully saturated rings. The lowest BCUT2D eigenvalue weighted by Crippen LogP contribution is -2.12. The van der Waals surface area contributed by atoms with E-state index >= 15 is 0 Å². The van der Waals surface area contributed by atoms with E-state index in [-0.39, 0.29) is 16.2 Å². The van der Waals surface area contributed by atoms with Gasteiger partial charge in [-0.2, -0.15) is 0 Å². The molecule has 0 saturated carbocycles. The van der Waals surface area contributed by atoms with E-state index in [1.165, 1.54) is 23.7 Å². The number of hydrogen-bond acceptors (Lipinski definition) is 8. The minimum Gasteiger partial charge on any atom is -0.329 e. The van der Waals surface area contributed by atoms with Crippen molar-refractivity contribution >= 4 is 41.9 Å². The van der Waals surface area contributed by atoms with Crippen molar-refractivity contribution in [1.82, 2.24) is 15.0 Å². The number of thiazole rings is 1. The number of hydrogen-bond donors (Lipinski definition) is 1. The predicted octanol–water partition coefficient (Wildman–Crippen LogP) is 6.95. The Morgan fingerprint density at radius 1 is 0.844 bits per heavy atom. The van der Waals surface area contributed by atoms with E-state index in [0.29, 0.717) is 21.8 Å². The molecular weight excluding hydrogens is 627 g/mol. The number of fused-ring (bicyclic) bond motifs is 1. The van der Waals surface area contributed by atoms with E-state index in [0.717, 1.165) is 38.0 Å². The first-order chi connectivity index (χ1) is 21.4. The van der Waals surface area contributed by atoms with Crippen LogP contribution in [0.5, 0.6) is 0 Å². The second-order valence-corrected chi connectivity index (χ2v) is 16.4. The molecule has 3 heterocycles. The van der Waals surface area contributed by atoms with Crippen molar-refractivity contribution in [1.29, 1.82) is 0 Å². The number of aromatic nitrogens is 3. The standard InChI is InChI=1S/C34H29N3O5S3/c1-4-45(41,42)21(2)27-18-24-9-6-15-36-31(24)29(19-27)23-7-5-8-25(17-23)33-32(22-10-12-28(13-11-22)44(3,39)40)37-34(43-33)26-14-16-35-30(38)20-26/h5-21H,4H2,1-3H3,(H,35,38). The Bertz CT molecular complexity index is 2340. The van der Waals surface area contributed by atoms with Gasteiger partial charge in [-0.3, -0.25) is 9.78 Å². The third-order valence-electron chi connectivity index (χ3n) is 7.78. The van der Waals surface area contributed by atoms with Crippen molar-refractivity contribution < 1.29 is 16.8 Å². The molecule has 3 aromatic carbocycles. The Hall–Kier alpha value is -4.45. The topological polar surface area (TPSA) is 127 Å². The van der Waals surface area contributed by atoms with Gasteiger partial charge in [0.15, 0.2) is 19.7 Å². The van der Waals surface area contributed by atoms with Crippen LogP contribution in [0, 0.1) is 0 Å². The molecular formula is C34H29N3O5S3. The van der Waals surface area contributed by atoms with Crippen LogP contribution in [0.25, 0.3) is 54.3 Å². The molecule has 1 unspecified atom stereocenters. The van der Waals surface area contributed by atoms with Crippen LogP contribution in [-0.2, 0) is 19.7 Å².